The molecule has 82 valence electrons. The smallest absolute Gasteiger partial charge is 0.124 e. The first-order valence-electron chi connectivity index (χ1n) is 5.87. The SMILES string of the molecule is CCCCNC1CCOc2ccccc21. The number of hydrogen-bond donors (Lipinski definition) is 1. The number of nitrogens with one attached hydrogen (secondary N) is 1. The highest BCUT2D eigenvalue weighted by Crippen LogP contribution is 2.31. The van der Waals surface area contributed by atoms with Gasteiger partial charge in [-0.25, -0.2) is 0 Å². The van der Waals surface area contributed by atoms with E-state index in [2.05, 4.69) is 30.4 Å². The van der Waals surface area contributed by atoms with Crippen molar-refractivity contribution in [2.45, 2.75) is 32.2 Å². The summed E-state index contributed by atoms with van der Waals surface area (Å²) in [6.45, 7) is 4.16. The molecule has 0 spiro atoms. The predicted octanol–water partition coefficient (Wildman–Crippen LogP) is 2.90. The van der Waals surface area contributed by atoms with Crippen LogP contribution in [0.25, 0.3) is 0 Å². The monoisotopic (exact) mass is 205 g/mol. The molecule has 0 fully saturated rings. The summed E-state index contributed by atoms with van der Waals surface area (Å²) in [5.41, 5.74) is 1.32. The quantitative estimate of drug-likeness (QED) is 0.763. The molecule has 1 aromatic rings. The topological polar surface area (TPSA) is 21.3 Å². The molecule has 2 nitrogen and oxygen atoms in total. The summed E-state index contributed by atoms with van der Waals surface area (Å²) < 4.78 is 5.62. The van der Waals surface area contributed by atoms with E-state index >= 15 is 0 Å². The van der Waals surface area contributed by atoms with Gasteiger partial charge >= 0.3 is 0 Å². The van der Waals surface area contributed by atoms with E-state index in [0.717, 1.165) is 25.3 Å². The normalized spacial score (nSPS) is 19.4. The van der Waals surface area contributed by atoms with E-state index in [0.29, 0.717) is 6.04 Å². The van der Waals surface area contributed by atoms with Gasteiger partial charge in [-0.2, -0.15) is 0 Å². The zero-order valence-corrected chi connectivity index (χ0v) is 9.33. The number of fused-ring (bicyclic) bond motifs is 1. The molecule has 0 saturated heterocycles. The Hall–Kier alpha value is -1.02. The molecule has 0 amide bonds. The van der Waals surface area contributed by atoms with Crippen LogP contribution < -0.4 is 10.1 Å². The fourth-order valence-electron chi connectivity index (χ4n) is 2.01. The molecule has 0 aromatic heterocycles. The van der Waals surface area contributed by atoms with Crippen molar-refractivity contribution in [1.29, 1.82) is 0 Å². The number of ether oxygens (including phenoxy) is 1. The Labute approximate surface area is 91.6 Å². The number of unbranched alkanes of at least 4 members (excludes halogenated alkanes) is 1. The molecule has 1 unspecified atom stereocenters. The van der Waals surface area contributed by atoms with Crippen LogP contribution in [-0.2, 0) is 0 Å². The Morgan fingerprint density at radius 2 is 2.27 bits per heavy atom. The molecule has 1 aromatic carbocycles. The highest BCUT2D eigenvalue weighted by atomic mass is 16.5. The molecule has 0 radical (unpaired) electrons. The van der Waals surface area contributed by atoms with Gasteiger partial charge in [0.25, 0.3) is 0 Å². The second-order valence-electron chi connectivity index (χ2n) is 4.04. The Morgan fingerprint density at radius 3 is 3.13 bits per heavy atom. The maximum absolute atomic E-state index is 5.62. The third-order valence-corrected chi connectivity index (χ3v) is 2.88. The van der Waals surface area contributed by atoms with Crippen molar-refractivity contribution in [2.75, 3.05) is 13.2 Å². The van der Waals surface area contributed by atoms with Crippen LogP contribution in [0.1, 0.15) is 37.8 Å². The van der Waals surface area contributed by atoms with E-state index in [-0.39, 0.29) is 0 Å². The lowest BCUT2D eigenvalue weighted by molar-refractivity contribution is 0.252. The van der Waals surface area contributed by atoms with Crippen molar-refractivity contribution < 1.29 is 4.74 Å². The van der Waals surface area contributed by atoms with Gasteiger partial charge in [0.2, 0.25) is 0 Å². The lowest BCUT2D eigenvalue weighted by Gasteiger charge is -2.26. The second kappa shape index (κ2) is 5.17. The van der Waals surface area contributed by atoms with E-state index in [1.54, 1.807) is 0 Å². The Balaban J connectivity index is 2.02. The van der Waals surface area contributed by atoms with Crippen molar-refractivity contribution in [2.24, 2.45) is 0 Å². The minimum atomic E-state index is 0.487. The minimum Gasteiger partial charge on any atom is -0.493 e. The van der Waals surface area contributed by atoms with Gasteiger partial charge in [0, 0.05) is 18.0 Å². The zero-order chi connectivity index (χ0) is 10.5. The van der Waals surface area contributed by atoms with Crippen molar-refractivity contribution in [3.63, 3.8) is 0 Å². The van der Waals surface area contributed by atoms with Crippen molar-refractivity contribution >= 4 is 0 Å². The van der Waals surface area contributed by atoms with Crippen LogP contribution in [0.5, 0.6) is 5.75 Å². The summed E-state index contributed by atoms with van der Waals surface area (Å²) in [4.78, 5) is 0. The van der Waals surface area contributed by atoms with Gasteiger partial charge < -0.3 is 10.1 Å². The minimum absolute atomic E-state index is 0.487. The molecule has 1 aliphatic rings. The molecule has 15 heavy (non-hydrogen) atoms. The summed E-state index contributed by atoms with van der Waals surface area (Å²) in [7, 11) is 0. The highest BCUT2D eigenvalue weighted by molar-refractivity contribution is 5.37. The molecule has 1 N–H and O–H groups in total. The standard InChI is InChI=1S/C13H19NO/c1-2-3-9-14-12-8-10-15-13-7-5-4-6-11(12)13/h4-7,12,14H,2-3,8-10H2,1H3. The van der Waals surface area contributed by atoms with E-state index in [1.165, 1.54) is 18.4 Å². The average molecular weight is 205 g/mol. The van der Waals surface area contributed by atoms with Gasteiger partial charge in [-0.15, -0.1) is 0 Å². The van der Waals surface area contributed by atoms with Gasteiger partial charge in [0.1, 0.15) is 5.75 Å². The summed E-state index contributed by atoms with van der Waals surface area (Å²) >= 11 is 0. The molecule has 2 heteroatoms. The molecule has 1 atom stereocenters. The zero-order valence-electron chi connectivity index (χ0n) is 9.33. The summed E-state index contributed by atoms with van der Waals surface area (Å²) in [6, 6.07) is 8.83. The van der Waals surface area contributed by atoms with Crippen molar-refractivity contribution in [3.8, 4) is 5.75 Å². The first-order valence-corrected chi connectivity index (χ1v) is 5.87. The van der Waals surface area contributed by atoms with Gasteiger partial charge in [-0.05, 0) is 19.0 Å². The Bertz CT molecular complexity index is 311. The highest BCUT2D eigenvalue weighted by Gasteiger charge is 2.19. The number of rotatable bonds is 4. The number of benzene rings is 1. The van der Waals surface area contributed by atoms with Crippen LogP contribution in [0, 0.1) is 0 Å². The Kier molecular flexibility index (Phi) is 3.62. The fourth-order valence-corrected chi connectivity index (χ4v) is 2.01. The van der Waals surface area contributed by atoms with Gasteiger partial charge in [-0.3, -0.25) is 0 Å². The van der Waals surface area contributed by atoms with E-state index in [1.807, 2.05) is 6.07 Å². The molecule has 0 bridgehead atoms. The van der Waals surface area contributed by atoms with Crippen LogP contribution in [0.2, 0.25) is 0 Å². The average Bonchev–Trinajstić information content (AvgIpc) is 2.30. The maximum atomic E-state index is 5.62. The van der Waals surface area contributed by atoms with Crippen LogP contribution in [-0.4, -0.2) is 13.2 Å². The third-order valence-electron chi connectivity index (χ3n) is 2.88. The van der Waals surface area contributed by atoms with Gasteiger partial charge in [-0.1, -0.05) is 31.5 Å². The van der Waals surface area contributed by atoms with Crippen LogP contribution in [0.3, 0.4) is 0 Å². The van der Waals surface area contributed by atoms with Crippen molar-refractivity contribution in [1.82, 2.24) is 5.32 Å². The van der Waals surface area contributed by atoms with E-state index in [4.69, 9.17) is 4.74 Å². The summed E-state index contributed by atoms with van der Waals surface area (Å²) in [6.07, 6.45) is 3.58. The van der Waals surface area contributed by atoms with Crippen molar-refractivity contribution in [3.05, 3.63) is 29.8 Å². The van der Waals surface area contributed by atoms with Gasteiger partial charge in [0.05, 0.1) is 6.61 Å². The molecule has 0 saturated carbocycles. The third kappa shape index (κ3) is 2.51. The van der Waals surface area contributed by atoms with Gasteiger partial charge in [0.15, 0.2) is 0 Å². The van der Waals surface area contributed by atoms with Crippen LogP contribution >= 0.6 is 0 Å². The molecular formula is C13H19NO. The number of para-hydroxylation sites is 1. The molecule has 1 heterocycles. The summed E-state index contributed by atoms with van der Waals surface area (Å²) in [5.74, 6) is 1.05. The lowest BCUT2D eigenvalue weighted by atomic mass is 10.0. The predicted molar refractivity (Wildman–Crippen MR) is 62.2 cm³/mol. The maximum Gasteiger partial charge on any atom is 0.124 e. The molecule has 1 aliphatic heterocycles. The first-order chi connectivity index (χ1) is 7.42. The first kappa shape index (κ1) is 10.5. The van der Waals surface area contributed by atoms with Crippen LogP contribution in [0.4, 0.5) is 0 Å². The second-order valence-corrected chi connectivity index (χ2v) is 4.04. The molecule has 0 aliphatic carbocycles. The number of hydrogen-bond acceptors (Lipinski definition) is 2. The van der Waals surface area contributed by atoms with E-state index in [9.17, 15) is 0 Å². The largest absolute Gasteiger partial charge is 0.493 e. The van der Waals surface area contributed by atoms with E-state index < -0.39 is 0 Å². The molecular weight excluding hydrogens is 186 g/mol. The Morgan fingerprint density at radius 1 is 1.40 bits per heavy atom. The fraction of sp³-hybridized carbons (Fsp3) is 0.538. The molecule has 2 rings (SSSR count). The lowest BCUT2D eigenvalue weighted by Crippen LogP contribution is -2.27. The van der Waals surface area contributed by atoms with Crippen LogP contribution in [0.15, 0.2) is 24.3 Å². The summed E-state index contributed by atoms with van der Waals surface area (Å²) in [5, 5.41) is 3.60.